The number of ether oxygens (including phenoxy) is 1. The Balaban J connectivity index is 1.76. The Morgan fingerprint density at radius 1 is 1.27 bits per heavy atom. The molecule has 7 nitrogen and oxygen atoms in total. The van der Waals surface area contributed by atoms with E-state index in [2.05, 4.69) is 4.90 Å². The van der Waals surface area contributed by atoms with Crippen LogP contribution in [0.3, 0.4) is 0 Å². The van der Waals surface area contributed by atoms with Gasteiger partial charge in [-0.3, -0.25) is 4.90 Å². The van der Waals surface area contributed by atoms with Gasteiger partial charge in [0, 0.05) is 32.7 Å². The van der Waals surface area contributed by atoms with E-state index in [1.807, 2.05) is 0 Å². The summed E-state index contributed by atoms with van der Waals surface area (Å²) < 4.78 is 29.9. The summed E-state index contributed by atoms with van der Waals surface area (Å²) in [6.07, 6.45) is 1.22. The van der Waals surface area contributed by atoms with Gasteiger partial charge in [0.15, 0.2) is 0 Å². The molecule has 2 rings (SSSR count). The van der Waals surface area contributed by atoms with Gasteiger partial charge in [0.05, 0.1) is 11.8 Å². The van der Waals surface area contributed by atoms with Crippen molar-refractivity contribution in [2.75, 3.05) is 45.6 Å². The molecule has 1 N–H and O–H groups in total. The maximum Gasteiger partial charge on any atom is 0.335 e. The Hall–Kier alpha value is -1.64. The van der Waals surface area contributed by atoms with Gasteiger partial charge in [0.25, 0.3) is 0 Å². The molecule has 1 aromatic carbocycles. The predicted octanol–water partition coefficient (Wildman–Crippen LogP) is 0.341. The van der Waals surface area contributed by atoms with E-state index in [9.17, 15) is 13.2 Å². The van der Waals surface area contributed by atoms with Crippen LogP contribution < -0.4 is 4.74 Å². The molecule has 0 amide bonds. The van der Waals surface area contributed by atoms with Crippen molar-refractivity contribution in [3.8, 4) is 5.75 Å². The molecule has 122 valence electrons. The fourth-order valence-electron chi connectivity index (χ4n) is 2.30. The minimum absolute atomic E-state index is 0.194. The number of piperazine rings is 1. The van der Waals surface area contributed by atoms with Crippen molar-refractivity contribution in [1.82, 2.24) is 9.21 Å². The Labute approximate surface area is 130 Å². The lowest BCUT2D eigenvalue weighted by molar-refractivity contribution is 0.0696. The van der Waals surface area contributed by atoms with Crippen LogP contribution in [0.4, 0.5) is 0 Å². The average molecular weight is 328 g/mol. The highest BCUT2D eigenvalue weighted by molar-refractivity contribution is 7.88. The second-order valence-corrected chi connectivity index (χ2v) is 7.17. The van der Waals surface area contributed by atoms with Gasteiger partial charge in [-0.05, 0) is 18.2 Å². The highest BCUT2D eigenvalue weighted by Gasteiger charge is 2.22. The van der Waals surface area contributed by atoms with Crippen molar-refractivity contribution >= 4 is 16.0 Å². The molecule has 1 heterocycles. The number of aromatic carboxylic acids is 1. The highest BCUT2D eigenvalue weighted by atomic mass is 32.2. The molecule has 8 heteroatoms. The van der Waals surface area contributed by atoms with Gasteiger partial charge in [-0.2, -0.15) is 4.31 Å². The van der Waals surface area contributed by atoms with Gasteiger partial charge in [-0.1, -0.05) is 6.07 Å². The number of rotatable bonds is 6. The van der Waals surface area contributed by atoms with Crippen LogP contribution in [-0.4, -0.2) is 74.3 Å². The van der Waals surface area contributed by atoms with E-state index < -0.39 is 16.0 Å². The van der Waals surface area contributed by atoms with Crippen LogP contribution in [0, 0.1) is 0 Å². The number of nitrogens with zero attached hydrogens (tertiary/aromatic N) is 2. The maximum absolute atomic E-state index is 11.4. The first-order valence-electron chi connectivity index (χ1n) is 7.00. The largest absolute Gasteiger partial charge is 0.492 e. The van der Waals surface area contributed by atoms with E-state index in [1.165, 1.54) is 22.7 Å². The van der Waals surface area contributed by atoms with Crippen LogP contribution >= 0.6 is 0 Å². The summed E-state index contributed by atoms with van der Waals surface area (Å²) in [6.45, 7) is 3.44. The SMILES string of the molecule is CS(=O)(=O)N1CCN(CCOc2cccc(C(=O)O)c2)CC1. The van der Waals surface area contributed by atoms with Gasteiger partial charge in [-0.25, -0.2) is 13.2 Å². The molecule has 0 aliphatic carbocycles. The number of hydrogen-bond donors (Lipinski definition) is 1. The fraction of sp³-hybridized carbons (Fsp3) is 0.500. The lowest BCUT2D eigenvalue weighted by atomic mass is 10.2. The third-order valence-electron chi connectivity index (χ3n) is 3.56. The molecule has 0 spiro atoms. The summed E-state index contributed by atoms with van der Waals surface area (Å²) >= 11 is 0. The Kier molecular flexibility index (Phi) is 5.38. The molecule has 0 unspecified atom stereocenters. The topological polar surface area (TPSA) is 87.2 Å². The van der Waals surface area contributed by atoms with Crippen molar-refractivity contribution < 1.29 is 23.1 Å². The standard InChI is InChI=1S/C14H20N2O5S/c1-22(19,20)16-7-5-15(6-8-16)9-10-21-13-4-2-3-12(11-13)14(17)18/h2-4,11H,5-10H2,1H3,(H,17,18). The first-order chi connectivity index (χ1) is 10.4. The molecule has 1 aromatic rings. The summed E-state index contributed by atoms with van der Waals surface area (Å²) in [5.41, 5.74) is 0.194. The molecular formula is C14H20N2O5S. The van der Waals surface area contributed by atoms with E-state index >= 15 is 0 Å². The van der Waals surface area contributed by atoms with Gasteiger partial charge >= 0.3 is 5.97 Å². The molecule has 1 fully saturated rings. The van der Waals surface area contributed by atoms with E-state index in [0.717, 1.165) is 0 Å². The maximum atomic E-state index is 11.4. The zero-order valence-corrected chi connectivity index (χ0v) is 13.3. The average Bonchev–Trinajstić information content (AvgIpc) is 2.47. The lowest BCUT2D eigenvalue weighted by Crippen LogP contribution is -2.49. The van der Waals surface area contributed by atoms with E-state index in [4.69, 9.17) is 9.84 Å². The normalized spacial score (nSPS) is 17.3. The number of carbonyl (C=O) groups is 1. The minimum Gasteiger partial charge on any atom is -0.492 e. The lowest BCUT2D eigenvalue weighted by Gasteiger charge is -2.33. The summed E-state index contributed by atoms with van der Waals surface area (Å²) in [7, 11) is -3.11. The number of carboxylic acid groups (broad SMARTS) is 1. The Bertz CT molecular complexity index is 624. The molecular weight excluding hydrogens is 308 g/mol. The molecule has 0 saturated carbocycles. The van der Waals surface area contributed by atoms with Gasteiger partial charge in [0.2, 0.25) is 10.0 Å². The van der Waals surface area contributed by atoms with Crippen LogP contribution in [-0.2, 0) is 10.0 Å². The second-order valence-electron chi connectivity index (χ2n) is 5.19. The molecule has 22 heavy (non-hydrogen) atoms. The molecule has 0 radical (unpaired) electrons. The summed E-state index contributed by atoms with van der Waals surface area (Å²) in [6, 6.07) is 6.36. The van der Waals surface area contributed by atoms with E-state index in [1.54, 1.807) is 12.1 Å². The van der Waals surface area contributed by atoms with E-state index in [0.29, 0.717) is 45.1 Å². The summed E-state index contributed by atoms with van der Waals surface area (Å²) in [5, 5.41) is 8.91. The highest BCUT2D eigenvalue weighted by Crippen LogP contribution is 2.13. The smallest absolute Gasteiger partial charge is 0.335 e. The van der Waals surface area contributed by atoms with Crippen LogP contribution in [0.15, 0.2) is 24.3 Å². The van der Waals surface area contributed by atoms with E-state index in [-0.39, 0.29) is 5.56 Å². The quantitative estimate of drug-likeness (QED) is 0.810. The van der Waals surface area contributed by atoms with Gasteiger partial charge < -0.3 is 9.84 Å². The monoisotopic (exact) mass is 328 g/mol. The number of carboxylic acids is 1. The molecule has 1 aliphatic rings. The van der Waals surface area contributed by atoms with Gasteiger partial charge in [0.1, 0.15) is 12.4 Å². The van der Waals surface area contributed by atoms with Crippen molar-refractivity contribution in [1.29, 1.82) is 0 Å². The molecule has 1 saturated heterocycles. The van der Waals surface area contributed by atoms with Crippen molar-refractivity contribution in [2.45, 2.75) is 0 Å². The first-order valence-corrected chi connectivity index (χ1v) is 8.85. The third kappa shape index (κ3) is 4.69. The fourth-order valence-corrected chi connectivity index (χ4v) is 3.12. The predicted molar refractivity (Wildman–Crippen MR) is 81.8 cm³/mol. The molecule has 1 aliphatic heterocycles. The zero-order chi connectivity index (χ0) is 16.2. The Morgan fingerprint density at radius 2 is 1.95 bits per heavy atom. The van der Waals surface area contributed by atoms with Crippen molar-refractivity contribution in [3.63, 3.8) is 0 Å². The van der Waals surface area contributed by atoms with Crippen LogP contribution in [0.1, 0.15) is 10.4 Å². The number of hydrogen-bond acceptors (Lipinski definition) is 5. The third-order valence-corrected chi connectivity index (χ3v) is 4.86. The summed E-state index contributed by atoms with van der Waals surface area (Å²) in [4.78, 5) is 13.0. The second kappa shape index (κ2) is 7.08. The number of benzene rings is 1. The van der Waals surface area contributed by atoms with Crippen molar-refractivity contribution in [3.05, 3.63) is 29.8 Å². The van der Waals surface area contributed by atoms with Crippen LogP contribution in [0.5, 0.6) is 5.75 Å². The zero-order valence-electron chi connectivity index (χ0n) is 12.4. The molecule has 0 bridgehead atoms. The molecule has 0 atom stereocenters. The Morgan fingerprint density at radius 3 is 2.55 bits per heavy atom. The van der Waals surface area contributed by atoms with Gasteiger partial charge in [-0.15, -0.1) is 0 Å². The molecule has 0 aromatic heterocycles. The number of sulfonamides is 1. The first kappa shape index (κ1) is 16.7. The van der Waals surface area contributed by atoms with Crippen molar-refractivity contribution in [2.24, 2.45) is 0 Å². The van der Waals surface area contributed by atoms with Crippen LogP contribution in [0.25, 0.3) is 0 Å². The van der Waals surface area contributed by atoms with Crippen LogP contribution in [0.2, 0.25) is 0 Å². The summed E-state index contributed by atoms with van der Waals surface area (Å²) in [5.74, 6) is -0.461. The minimum atomic E-state index is -3.11.